The Morgan fingerprint density at radius 2 is 2.04 bits per heavy atom. The molecule has 0 amide bonds. The second-order valence-electron chi connectivity index (χ2n) is 9.23. The molecule has 6 atom stereocenters. The zero-order chi connectivity index (χ0) is 19.3. The van der Waals surface area contributed by atoms with Crippen molar-refractivity contribution in [1.29, 1.82) is 0 Å². The highest BCUT2D eigenvalue weighted by Crippen LogP contribution is 2.62. The second-order valence-corrected chi connectivity index (χ2v) is 9.23. The largest absolute Gasteiger partial charge is 0.426 e. The normalized spacial score (nSPS) is 39.3. The number of ether oxygens (including phenoxy) is 1. The molecule has 146 valence electrons. The van der Waals surface area contributed by atoms with Gasteiger partial charge in [0.1, 0.15) is 0 Å². The van der Waals surface area contributed by atoms with Crippen molar-refractivity contribution < 1.29 is 24.9 Å². The highest BCUT2D eigenvalue weighted by Gasteiger charge is 2.59. The molecule has 0 aromatic carbocycles. The molecule has 5 heteroatoms. The molecule has 26 heavy (non-hydrogen) atoms. The third-order valence-corrected chi connectivity index (χ3v) is 7.17. The molecule has 3 rings (SSSR count). The third-order valence-electron chi connectivity index (χ3n) is 7.17. The molecule has 3 aliphatic rings. The van der Waals surface area contributed by atoms with Crippen LogP contribution in [0.25, 0.3) is 0 Å². The number of hydrogen-bond donors (Lipinski definition) is 3. The van der Waals surface area contributed by atoms with Gasteiger partial charge in [-0.3, -0.25) is 0 Å². The summed E-state index contributed by atoms with van der Waals surface area (Å²) in [5.41, 5.74) is -0.181. The molecule has 0 unspecified atom stereocenters. The van der Waals surface area contributed by atoms with Crippen molar-refractivity contribution in [2.45, 2.75) is 64.8 Å². The average Bonchev–Trinajstić information content (AvgIpc) is 3.02. The fraction of sp³-hybridized carbons (Fsp3) is 0.762. The number of rotatable bonds is 5. The lowest BCUT2D eigenvalue weighted by Gasteiger charge is -2.47. The van der Waals surface area contributed by atoms with Gasteiger partial charge in [-0.25, -0.2) is 4.79 Å². The zero-order valence-corrected chi connectivity index (χ0v) is 16.2. The van der Waals surface area contributed by atoms with Crippen LogP contribution in [0.15, 0.2) is 23.8 Å². The Morgan fingerprint density at radius 3 is 2.65 bits per heavy atom. The van der Waals surface area contributed by atoms with Crippen molar-refractivity contribution in [3.8, 4) is 0 Å². The van der Waals surface area contributed by atoms with Gasteiger partial charge in [-0.2, -0.15) is 0 Å². The highest BCUT2D eigenvalue weighted by molar-refractivity contribution is 5.86. The zero-order valence-electron chi connectivity index (χ0n) is 16.2. The van der Waals surface area contributed by atoms with Crippen molar-refractivity contribution in [3.63, 3.8) is 0 Å². The van der Waals surface area contributed by atoms with E-state index in [4.69, 9.17) is 4.74 Å². The predicted molar refractivity (Wildman–Crippen MR) is 97.9 cm³/mol. The van der Waals surface area contributed by atoms with E-state index in [0.29, 0.717) is 12.3 Å². The molecule has 2 saturated carbocycles. The van der Waals surface area contributed by atoms with E-state index < -0.39 is 17.4 Å². The topological polar surface area (TPSA) is 87.0 Å². The summed E-state index contributed by atoms with van der Waals surface area (Å²) in [5, 5.41) is 30.4. The molecule has 0 bridgehead atoms. The minimum atomic E-state index is -1.39. The summed E-state index contributed by atoms with van der Waals surface area (Å²) < 4.78 is 5.19. The van der Waals surface area contributed by atoms with Gasteiger partial charge in [0.15, 0.2) is 0 Å². The molecule has 0 saturated heterocycles. The lowest BCUT2D eigenvalue weighted by Crippen LogP contribution is -2.46. The lowest BCUT2D eigenvalue weighted by molar-refractivity contribution is -0.196. The Labute approximate surface area is 155 Å². The van der Waals surface area contributed by atoms with E-state index in [1.807, 2.05) is 6.08 Å². The summed E-state index contributed by atoms with van der Waals surface area (Å²) in [5.74, 6) is -1.25. The molecule has 2 aliphatic carbocycles. The Balaban J connectivity index is 1.79. The standard InChI is InChI=1S/C21H32O5/c1-13(5-6-14(12-22)19(2,3)24)15-7-8-16-17-11-18(23)26-21(17,25)10-9-20(15,16)4/h5-6,11,13-16,22,24-25H,7-10,12H2,1-4H3/t13-,14-,15-,16+,20-,21+/m1/s1. The van der Waals surface area contributed by atoms with Gasteiger partial charge in [0.25, 0.3) is 0 Å². The van der Waals surface area contributed by atoms with Gasteiger partial charge in [0, 0.05) is 24.0 Å². The summed E-state index contributed by atoms with van der Waals surface area (Å²) in [4.78, 5) is 11.7. The molecular weight excluding hydrogens is 332 g/mol. The fourth-order valence-electron chi connectivity index (χ4n) is 5.46. The van der Waals surface area contributed by atoms with Crippen molar-refractivity contribution in [1.82, 2.24) is 0 Å². The molecule has 0 spiro atoms. The molecular formula is C21H32O5. The fourth-order valence-corrected chi connectivity index (χ4v) is 5.46. The monoisotopic (exact) mass is 364 g/mol. The summed E-state index contributed by atoms with van der Waals surface area (Å²) in [7, 11) is 0. The Hall–Kier alpha value is -1.17. The molecule has 1 aliphatic heterocycles. The predicted octanol–water partition coefficient (Wildman–Crippen LogP) is 2.56. The van der Waals surface area contributed by atoms with Gasteiger partial charge >= 0.3 is 5.97 Å². The van der Waals surface area contributed by atoms with E-state index in [0.717, 1.165) is 24.8 Å². The first-order chi connectivity index (χ1) is 12.0. The van der Waals surface area contributed by atoms with Crippen LogP contribution in [-0.2, 0) is 9.53 Å². The van der Waals surface area contributed by atoms with Gasteiger partial charge in [-0.15, -0.1) is 0 Å². The number of fused-ring (bicyclic) bond motifs is 3. The maximum Gasteiger partial charge on any atom is 0.333 e. The van der Waals surface area contributed by atoms with Crippen LogP contribution in [0.4, 0.5) is 0 Å². The van der Waals surface area contributed by atoms with Crippen LogP contribution in [0.5, 0.6) is 0 Å². The van der Waals surface area contributed by atoms with Gasteiger partial charge in [-0.1, -0.05) is 26.0 Å². The summed E-state index contributed by atoms with van der Waals surface area (Å²) in [6, 6.07) is 0. The highest BCUT2D eigenvalue weighted by atomic mass is 16.7. The van der Waals surface area contributed by atoms with Crippen LogP contribution >= 0.6 is 0 Å². The molecule has 0 aromatic heterocycles. The minimum absolute atomic E-state index is 0.0131. The van der Waals surface area contributed by atoms with Crippen molar-refractivity contribution >= 4 is 5.97 Å². The quantitative estimate of drug-likeness (QED) is 0.515. The molecule has 0 radical (unpaired) electrons. The van der Waals surface area contributed by atoms with E-state index in [1.165, 1.54) is 6.08 Å². The summed E-state index contributed by atoms with van der Waals surface area (Å²) in [6.07, 6.45) is 8.79. The Morgan fingerprint density at radius 1 is 1.35 bits per heavy atom. The smallest absolute Gasteiger partial charge is 0.333 e. The van der Waals surface area contributed by atoms with E-state index in [9.17, 15) is 20.1 Å². The van der Waals surface area contributed by atoms with E-state index in [1.54, 1.807) is 13.8 Å². The second kappa shape index (κ2) is 6.47. The number of aliphatic hydroxyl groups is 3. The van der Waals surface area contributed by atoms with E-state index >= 15 is 0 Å². The van der Waals surface area contributed by atoms with Gasteiger partial charge < -0.3 is 20.1 Å². The number of carbonyl (C=O) groups is 1. The molecule has 2 fully saturated rings. The van der Waals surface area contributed by atoms with E-state index in [2.05, 4.69) is 19.9 Å². The van der Waals surface area contributed by atoms with Crippen LogP contribution in [-0.4, -0.2) is 39.3 Å². The van der Waals surface area contributed by atoms with Crippen LogP contribution in [0, 0.1) is 29.1 Å². The number of aliphatic hydroxyl groups excluding tert-OH is 1. The van der Waals surface area contributed by atoms with E-state index in [-0.39, 0.29) is 29.8 Å². The molecule has 5 nitrogen and oxygen atoms in total. The first-order valence-electron chi connectivity index (χ1n) is 9.70. The van der Waals surface area contributed by atoms with Crippen LogP contribution in [0.2, 0.25) is 0 Å². The lowest BCUT2D eigenvalue weighted by atomic mass is 9.60. The Kier molecular flexibility index (Phi) is 4.87. The minimum Gasteiger partial charge on any atom is -0.426 e. The van der Waals surface area contributed by atoms with Crippen LogP contribution in [0.3, 0.4) is 0 Å². The van der Waals surface area contributed by atoms with Gasteiger partial charge in [-0.05, 0) is 56.3 Å². The van der Waals surface area contributed by atoms with Crippen LogP contribution < -0.4 is 0 Å². The SMILES string of the molecule is C[C@H](C=C[C@H](CO)C(C)(C)O)[C@H]1CC[C@H]2C3=CC(=O)O[C@@]3(O)CC[C@]12C. The van der Waals surface area contributed by atoms with Crippen molar-refractivity contribution in [2.75, 3.05) is 6.61 Å². The van der Waals surface area contributed by atoms with Crippen molar-refractivity contribution in [2.24, 2.45) is 29.1 Å². The van der Waals surface area contributed by atoms with Gasteiger partial charge in [0.2, 0.25) is 5.79 Å². The van der Waals surface area contributed by atoms with Gasteiger partial charge in [0.05, 0.1) is 12.2 Å². The number of hydrogen-bond acceptors (Lipinski definition) is 5. The molecule has 1 heterocycles. The molecule has 0 aromatic rings. The maximum absolute atomic E-state index is 11.7. The molecule has 3 N–H and O–H groups in total. The summed E-state index contributed by atoms with van der Waals surface area (Å²) in [6.45, 7) is 7.78. The first kappa shape index (κ1) is 19.6. The van der Waals surface area contributed by atoms with Crippen molar-refractivity contribution in [3.05, 3.63) is 23.8 Å². The Bertz CT molecular complexity index is 631. The number of carbonyl (C=O) groups excluding carboxylic acids is 1. The van der Waals surface area contributed by atoms with Crippen LogP contribution in [0.1, 0.15) is 53.4 Å². The average molecular weight is 364 g/mol. The number of allylic oxidation sites excluding steroid dienone is 1. The third kappa shape index (κ3) is 3.14. The first-order valence-corrected chi connectivity index (χ1v) is 9.70. The maximum atomic E-state index is 11.7. The summed E-state index contributed by atoms with van der Waals surface area (Å²) >= 11 is 0. The number of esters is 1.